The van der Waals surface area contributed by atoms with Crippen LogP contribution in [0.15, 0.2) is 12.1 Å². The molecule has 0 aliphatic rings. The number of halogens is 4. The highest BCUT2D eigenvalue weighted by Gasteiger charge is 2.33. The van der Waals surface area contributed by atoms with Crippen LogP contribution in [0.3, 0.4) is 0 Å². The molecule has 0 heterocycles. The quantitative estimate of drug-likeness (QED) is 0.628. The third-order valence-electron chi connectivity index (χ3n) is 2.10. The molecule has 8 heteroatoms. The molecule has 0 unspecified atom stereocenters. The van der Waals surface area contributed by atoms with E-state index in [0.29, 0.717) is 0 Å². The van der Waals surface area contributed by atoms with Crippen molar-refractivity contribution < 1.29 is 27.4 Å². The van der Waals surface area contributed by atoms with Crippen LogP contribution >= 0.6 is 15.9 Å². The van der Waals surface area contributed by atoms with Crippen molar-refractivity contribution in [2.75, 3.05) is 7.11 Å². The summed E-state index contributed by atoms with van der Waals surface area (Å²) >= 11 is 2.98. The SMILES string of the molecule is COC(=O)c1cc(OC(F)(F)F)c(CBr)cc1C#N. The van der Waals surface area contributed by atoms with Crippen LogP contribution in [-0.2, 0) is 10.1 Å². The van der Waals surface area contributed by atoms with E-state index in [1.807, 2.05) is 0 Å². The van der Waals surface area contributed by atoms with Gasteiger partial charge in [-0.1, -0.05) is 15.9 Å². The summed E-state index contributed by atoms with van der Waals surface area (Å²) in [6.45, 7) is 0. The Kier molecular flexibility index (Phi) is 4.78. The standard InChI is InChI=1S/C11H7BrF3NO3/c1-18-10(17)8-3-9(19-11(13,14)15)6(4-12)2-7(8)5-16/h2-3H,4H2,1H3. The lowest BCUT2D eigenvalue weighted by molar-refractivity contribution is -0.274. The summed E-state index contributed by atoms with van der Waals surface area (Å²) in [5, 5.41) is 8.91. The Morgan fingerprint density at radius 1 is 1.47 bits per heavy atom. The zero-order chi connectivity index (χ0) is 14.6. The molecule has 0 fully saturated rings. The molecule has 0 atom stereocenters. The third kappa shape index (κ3) is 3.86. The average molecular weight is 338 g/mol. The number of carbonyl (C=O) groups is 1. The number of hydrogen-bond donors (Lipinski definition) is 0. The van der Waals surface area contributed by atoms with Gasteiger partial charge in [0.15, 0.2) is 0 Å². The number of benzene rings is 1. The number of ether oxygens (including phenoxy) is 2. The zero-order valence-corrected chi connectivity index (χ0v) is 11.1. The van der Waals surface area contributed by atoms with Crippen LogP contribution in [-0.4, -0.2) is 19.4 Å². The maximum Gasteiger partial charge on any atom is 0.573 e. The molecule has 0 saturated carbocycles. The van der Waals surface area contributed by atoms with Gasteiger partial charge in [-0.05, 0) is 12.1 Å². The van der Waals surface area contributed by atoms with Gasteiger partial charge < -0.3 is 9.47 Å². The highest BCUT2D eigenvalue weighted by atomic mass is 79.9. The van der Waals surface area contributed by atoms with Crippen molar-refractivity contribution in [2.45, 2.75) is 11.7 Å². The summed E-state index contributed by atoms with van der Waals surface area (Å²) in [5.41, 5.74) is -0.272. The first-order chi connectivity index (χ1) is 8.82. The fourth-order valence-electron chi connectivity index (χ4n) is 1.32. The van der Waals surface area contributed by atoms with E-state index in [1.165, 1.54) is 0 Å². The second-order valence-electron chi connectivity index (χ2n) is 3.29. The van der Waals surface area contributed by atoms with E-state index in [0.717, 1.165) is 19.2 Å². The molecule has 0 saturated heterocycles. The lowest BCUT2D eigenvalue weighted by atomic mass is 10.0. The van der Waals surface area contributed by atoms with Gasteiger partial charge in [-0.25, -0.2) is 4.79 Å². The van der Waals surface area contributed by atoms with Gasteiger partial charge in [0, 0.05) is 10.9 Å². The van der Waals surface area contributed by atoms with E-state index in [9.17, 15) is 18.0 Å². The van der Waals surface area contributed by atoms with Crippen LogP contribution < -0.4 is 4.74 Å². The van der Waals surface area contributed by atoms with Gasteiger partial charge in [-0.3, -0.25) is 0 Å². The lowest BCUT2D eigenvalue weighted by Gasteiger charge is -2.14. The van der Waals surface area contributed by atoms with Gasteiger partial charge in [0.1, 0.15) is 11.8 Å². The molecular formula is C11H7BrF3NO3. The minimum Gasteiger partial charge on any atom is -0.465 e. The predicted octanol–water partition coefficient (Wildman–Crippen LogP) is 3.14. The summed E-state index contributed by atoms with van der Waals surface area (Å²) in [6.07, 6.45) is -4.89. The topological polar surface area (TPSA) is 59.3 Å². The van der Waals surface area contributed by atoms with Gasteiger partial charge >= 0.3 is 12.3 Å². The molecule has 0 aliphatic carbocycles. The van der Waals surface area contributed by atoms with Gasteiger partial charge in [0.05, 0.1) is 18.2 Å². The molecule has 0 radical (unpaired) electrons. The molecule has 0 amide bonds. The normalized spacial score (nSPS) is 10.7. The van der Waals surface area contributed by atoms with Gasteiger partial charge in [0.25, 0.3) is 0 Å². The second-order valence-corrected chi connectivity index (χ2v) is 3.85. The second kappa shape index (κ2) is 5.93. The summed E-state index contributed by atoms with van der Waals surface area (Å²) in [7, 11) is 1.06. The number of alkyl halides is 4. The summed E-state index contributed by atoms with van der Waals surface area (Å²) in [5.74, 6) is -1.46. The molecule has 1 aromatic rings. The Labute approximate surface area is 114 Å². The first-order valence-corrected chi connectivity index (χ1v) is 5.91. The van der Waals surface area contributed by atoms with Gasteiger partial charge in [-0.2, -0.15) is 5.26 Å². The highest BCUT2D eigenvalue weighted by molar-refractivity contribution is 9.08. The van der Waals surface area contributed by atoms with Crippen molar-refractivity contribution in [1.29, 1.82) is 5.26 Å². The molecule has 0 aliphatic heterocycles. The number of methoxy groups -OCH3 is 1. The fourth-order valence-corrected chi connectivity index (χ4v) is 1.76. The zero-order valence-electron chi connectivity index (χ0n) is 9.55. The first-order valence-electron chi connectivity index (χ1n) is 4.79. The minimum absolute atomic E-state index is 0.0363. The average Bonchev–Trinajstić information content (AvgIpc) is 2.35. The monoisotopic (exact) mass is 337 g/mol. The van der Waals surface area contributed by atoms with Gasteiger partial charge in [-0.15, -0.1) is 13.2 Å². The van der Waals surface area contributed by atoms with E-state index in [2.05, 4.69) is 25.4 Å². The molecule has 19 heavy (non-hydrogen) atoms. The maximum absolute atomic E-state index is 12.2. The van der Waals surface area contributed by atoms with Crippen LogP contribution in [0.4, 0.5) is 13.2 Å². The van der Waals surface area contributed by atoms with E-state index < -0.39 is 18.1 Å². The molecule has 0 bridgehead atoms. The largest absolute Gasteiger partial charge is 0.573 e. The Hall–Kier alpha value is -1.75. The molecule has 0 aromatic heterocycles. The van der Waals surface area contributed by atoms with E-state index >= 15 is 0 Å². The Morgan fingerprint density at radius 3 is 2.53 bits per heavy atom. The van der Waals surface area contributed by atoms with Crippen LogP contribution in [0.2, 0.25) is 0 Å². The lowest BCUT2D eigenvalue weighted by Crippen LogP contribution is -2.19. The highest BCUT2D eigenvalue weighted by Crippen LogP contribution is 2.31. The number of rotatable bonds is 3. The van der Waals surface area contributed by atoms with Gasteiger partial charge in [0.2, 0.25) is 0 Å². The number of nitriles is 1. The molecule has 1 rings (SSSR count). The molecule has 4 nitrogen and oxygen atoms in total. The Balaban J connectivity index is 3.38. The Morgan fingerprint density at radius 2 is 2.11 bits per heavy atom. The van der Waals surface area contributed by atoms with E-state index in [4.69, 9.17) is 5.26 Å². The van der Waals surface area contributed by atoms with Crippen molar-refractivity contribution in [2.24, 2.45) is 0 Å². The van der Waals surface area contributed by atoms with Crippen LogP contribution in [0.5, 0.6) is 5.75 Å². The van der Waals surface area contributed by atoms with Crippen molar-refractivity contribution in [3.8, 4) is 11.8 Å². The molecule has 102 valence electrons. The molecule has 1 aromatic carbocycles. The van der Waals surface area contributed by atoms with Crippen LogP contribution in [0, 0.1) is 11.3 Å². The number of hydrogen-bond acceptors (Lipinski definition) is 4. The smallest absolute Gasteiger partial charge is 0.465 e. The number of esters is 1. The predicted molar refractivity (Wildman–Crippen MR) is 61.8 cm³/mol. The molecular weight excluding hydrogens is 331 g/mol. The molecule has 0 spiro atoms. The van der Waals surface area contributed by atoms with E-state index in [1.54, 1.807) is 6.07 Å². The third-order valence-corrected chi connectivity index (χ3v) is 2.70. The van der Waals surface area contributed by atoms with Crippen molar-refractivity contribution in [3.05, 3.63) is 28.8 Å². The summed E-state index contributed by atoms with van der Waals surface area (Å²) in [4.78, 5) is 11.4. The first kappa shape index (κ1) is 15.3. The van der Waals surface area contributed by atoms with Crippen LogP contribution in [0.1, 0.15) is 21.5 Å². The van der Waals surface area contributed by atoms with Crippen LogP contribution in [0.25, 0.3) is 0 Å². The summed E-state index contributed by atoms with van der Waals surface area (Å²) < 4.78 is 44.9. The van der Waals surface area contributed by atoms with E-state index in [-0.39, 0.29) is 22.0 Å². The maximum atomic E-state index is 12.2. The number of carbonyl (C=O) groups excluding carboxylic acids is 1. The fraction of sp³-hybridized carbons (Fsp3) is 0.273. The van der Waals surface area contributed by atoms with Crippen molar-refractivity contribution >= 4 is 21.9 Å². The Bertz CT molecular complexity index is 537. The minimum atomic E-state index is -4.89. The summed E-state index contributed by atoms with van der Waals surface area (Å²) in [6, 6.07) is 3.70. The van der Waals surface area contributed by atoms with Crippen molar-refractivity contribution in [3.63, 3.8) is 0 Å². The molecule has 0 N–H and O–H groups in total. The number of nitrogens with zero attached hydrogens (tertiary/aromatic N) is 1. The van der Waals surface area contributed by atoms with Crippen molar-refractivity contribution in [1.82, 2.24) is 0 Å².